The van der Waals surface area contributed by atoms with Crippen LogP contribution >= 0.6 is 11.3 Å². The zero-order valence-electron chi connectivity index (χ0n) is 14.6. The quantitative estimate of drug-likeness (QED) is 0.763. The molecule has 134 valence electrons. The van der Waals surface area contributed by atoms with Crippen LogP contribution in [0.5, 0.6) is 0 Å². The first-order valence-electron chi connectivity index (χ1n) is 8.73. The Morgan fingerprint density at radius 2 is 2.27 bits per heavy atom. The minimum Gasteiger partial charge on any atom is -0.353 e. The fraction of sp³-hybridized carbons (Fsp3) is 0.389. The van der Waals surface area contributed by atoms with E-state index in [0.29, 0.717) is 6.42 Å². The van der Waals surface area contributed by atoms with Crippen molar-refractivity contribution in [3.8, 4) is 11.5 Å². The van der Waals surface area contributed by atoms with Gasteiger partial charge in [-0.3, -0.25) is 9.78 Å². The number of thiazole rings is 1. The lowest BCUT2D eigenvalue weighted by atomic mass is 10.1. The molecule has 0 spiro atoms. The van der Waals surface area contributed by atoms with Crippen LogP contribution in [0.25, 0.3) is 11.5 Å². The summed E-state index contributed by atoms with van der Waals surface area (Å²) in [5, 5.41) is 14.8. The third-order valence-corrected chi connectivity index (χ3v) is 5.30. The van der Waals surface area contributed by atoms with E-state index in [4.69, 9.17) is 0 Å². The minimum absolute atomic E-state index is 0.0155. The van der Waals surface area contributed by atoms with Crippen molar-refractivity contribution in [1.82, 2.24) is 30.0 Å². The molecule has 1 unspecified atom stereocenters. The van der Waals surface area contributed by atoms with E-state index in [1.165, 1.54) is 0 Å². The lowest BCUT2D eigenvalue weighted by Crippen LogP contribution is -2.36. The van der Waals surface area contributed by atoms with Gasteiger partial charge in [0.1, 0.15) is 11.5 Å². The Morgan fingerprint density at radius 3 is 3.04 bits per heavy atom. The van der Waals surface area contributed by atoms with E-state index in [9.17, 15) is 4.79 Å². The zero-order chi connectivity index (χ0) is 17.9. The summed E-state index contributed by atoms with van der Waals surface area (Å²) in [6, 6.07) is 5.76. The van der Waals surface area contributed by atoms with Crippen molar-refractivity contribution in [2.24, 2.45) is 0 Å². The Kier molecular flexibility index (Phi) is 4.75. The molecule has 3 aromatic rings. The number of pyridine rings is 1. The number of aromatic nitrogens is 5. The predicted molar refractivity (Wildman–Crippen MR) is 98.7 cm³/mol. The summed E-state index contributed by atoms with van der Waals surface area (Å²) in [7, 11) is 0. The van der Waals surface area contributed by atoms with Crippen molar-refractivity contribution < 1.29 is 4.79 Å². The number of hydrogen-bond acceptors (Lipinski definition) is 6. The molecule has 4 heterocycles. The molecule has 0 bridgehead atoms. The Labute approximate surface area is 155 Å². The van der Waals surface area contributed by atoms with Crippen molar-refractivity contribution in [2.75, 3.05) is 0 Å². The molecule has 4 rings (SSSR count). The van der Waals surface area contributed by atoms with E-state index < -0.39 is 0 Å². The monoisotopic (exact) mass is 368 g/mol. The summed E-state index contributed by atoms with van der Waals surface area (Å²) >= 11 is 1.61. The summed E-state index contributed by atoms with van der Waals surface area (Å²) < 4.78 is 2.14. The van der Waals surface area contributed by atoms with Crippen molar-refractivity contribution >= 4 is 17.2 Å². The summed E-state index contributed by atoms with van der Waals surface area (Å²) in [6.07, 6.45) is 4.54. The second-order valence-electron chi connectivity index (χ2n) is 6.43. The van der Waals surface area contributed by atoms with Gasteiger partial charge in [0.2, 0.25) is 5.91 Å². The standard InChI is InChI=1S/C18H20N6OS/c1-12-20-15(11-26-12)18-23-22-16-6-5-13(7-9-24(16)18)21-17(25)10-14-4-2-3-8-19-14/h2-4,8,11,13H,5-7,9-10H2,1H3,(H,21,25). The van der Waals surface area contributed by atoms with Crippen LogP contribution in [0.4, 0.5) is 0 Å². The van der Waals surface area contributed by atoms with Crippen LogP contribution in [0.15, 0.2) is 29.8 Å². The van der Waals surface area contributed by atoms with Gasteiger partial charge in [0.05, 0.1) is 11.4 Å². The first kappa shape index (κ1) is 16.8. The van der Waals surface area contributed by atoms with Gasteiger partial charge >= 0.3 is 0 Å². The van der Waals surface area contributed by atoms with Gasteiger partial charge in [-0.25, -0.2) is 4.98 Å². The number of nitrogens with zero attached hydrogens (tertiary/aromatic N) is 5. The van der Waals surface area contributed by atoms with Gasteiger partial charge in [0, 0.05) is 36.3 Å². The third-order valence-electron chi connectivity index (χ3n) is 4.53. The van der Waals surface area contributed by atoms with Crippen LogP contribution in [-0.4, -0.2) is 36.7 Å². The van der Waals surface area contributed by atoms with E-state index in [2.05, 4.69) is 30.0 Å². The molecule has 0 saturated heterocycles. The maximum absolute atomic E-state index is 12.3. The number of hydrogen-bond donors (Lipinski definition) is 1. The first-order chi connectivity index (χ1) is 12.7. The van der Waals surface area contributed by atoms with Gasteiger partial charge in [-0.1, -0.05) is 6.07 Å². The molecule has 7 nitrogen and oxygen atoms in total. The number of nitrogens with one attached hydrogen (secondary N) is 1. The molecule has 0 saturated carbocycles. The Hall–Kier alpha value is -2.61. The van der Waals surface area contributed by atoms with Crippen molar-refractivity contribution in [2.45, 2.75) is 45.2 Å². The number of amides is 1. The van der Waals surface area contributed by atoms with Gasteiger partial charge in [-0.15, -0.1) is 21.5 Å². The van der Waals surface area contributed by atoms with Crippen LogP contribution in [0, 0.1) is 6.92 Å². The van der Waals surface area contributed by atoms with Crippen LogP contribution in [0.1, 0.15) is 29.4 Å². The molecule has 1 amide bonds. The fourth-order valence-corrected chi connectivity index (χ4v) is 3.83. The molecule has 1 aliphatic rings. The normalized spacial score (nSPS) is 16.7. The molecule has 3 aromatic heterocycles. The van der Waals surface area contributed by atoms with Gasteiger partial charge in [0.25, 0.3) is 0 Å². The number of carbonyl (C=O) groups excluding carboxylic acids is 1. The molecule has 26 heavy (non-hydrogen) atoms. The highest BCUT2D eigenvalue weighted by molar-refractivity contribution is 7.09. The first-order valence-corrected chi connectivity index (χ1v) is 9.61. The number of carbonyl (C=O) groups is 1. The molecule has 1 N–H and O–H groups in total. The third kappa shape index (κ3) is 3.65. The van der Waals surface area contributed by atoms with Crippen LogP contribution in [0.3, 0.4) is 0 Å². The topological polar surface area (TPSA) is 85.6 Å². The lowest BCUT2D eigenvalue weighted by Gasteiger charge is -2.16. The van der Waals surface area contributed by atoms with Crippen molar-refractivity contribution in [3.05, 3.63) is 46.3 Å². The minimum atomic E-state index is 0.0155. The zero-order valence-corrected chi connectivity index (χ0v) is 15.4. The maximum atomic E-state index is 12.3. The van der Waals surface area contributed by atoms with Crippen molar-refractivity contribution in [1.29, 1.82) is 0 Å². The summed E-state index contributed by atoms with van der Waals surface area (Å²) in [5.41, 5.74) is 1.67. The number of fused-ring (bicyclic) bond motifs is 1. The number of aryl methyl sites for hydroxylation is 2. The summed E-state index contributed by atoms with van der Waals surface area (Å²) in [6.45, 7) is 2.77. The van der Waals surface area contributed by atoms with E-state index >= 15 is 0 Å². The van der Waals surface area contributed by atoms with E-state index in [0.717, 1.165) is 53.9 Å². The summed E-state index contributed by atoms with van der Waals surface area (Å²) in [4.78, 5) is 21.0. The maximum Gasteiger partial charge on any atom is 0.226 e. The molecule has 1 aliphatic heterocycles. The second kappa shape index (κ2) is 7.33. The van der Waals surface area contributed by atoms with Gasteiger partial charge in [0.15, 0.2) is 5.82 Å². The smallest absolute Gasteiger partial charge is 0.226 e. The SMILES string of the molecule is Cc1nc(-c2nnc3n2CCC(NC(=O)Cc2ccccn2)CC3)cs1. The van der Waals surface area contributed by atoms with E-state index in [-0.39, 0.29) is 11.9 Å². The van der Waals surface area contributed by atoms with Crippen LogP contribution in [0.2, 0.25) is 0 Å². The van der Waals surface area contributed by atoms with E-state index in [1.807, 2.05) is 30.5 Å². The largest absolute Gasteiger partial charge is 0.353 e. The van der Waals surface area contributed by atoms with Gasteiger partial charge < -0.3 is 9.88 Å². The predicted octanol–water partition coefficient (Wildman–Crippen LogP) is 2.17. The molecule has 0 radical (unpaired) electrons. The van der Waals surface area contributed by atoms with E-state index in [1.54, 1.807) is 17.5 Å². The highest BCUT2D eigenvalue weighted by Gasteiger charge is 2.23. The molecular weight excluding hydrogens is 348 g/mol. The van der Waals surface area contributed by atoms with Crippen LogP contribution < -0.4 is 5.32 Å². The molecule has 0 aliphatic carbocycles. The average molecular weight is 368 g/mol. The highest BCUT2D eigenvalue weighted by atomic mass is 32.1. The van der Waals surface area contributed by atoms with Gasteiger partial charge in [-0.2, -0.15) is 0 Å². The molecular formula is C18H20N6OS. The van der Waals surface area contributed by atoms with Crippen LogP contribution in [-0.2, 0) is 24.2 Å². The molecule has 1 atom stereocenters. The number of rotatable bonds is 4. The Bertz CT molecular complexity index is 904. The Morgan fingerprint density at radius 1 is 1.35 bits per heavy atom. The van der Waals surface area contributed by atoms with Gasteiger partial charge in [-0.05, 0) is 31.9 Å². The lowest BCUT2D eigenvalue weighted by molar-refractivity contribution is -0.121. The molecule has 8 heteroatoms. The van der Waals surface area contributed by atoms with Crippen molar-refractivity contribution in [3.63, 3.8) is 0 Å². The summed E-state index contributed by atoms with van der Waals surface area (Å²) in [5.74, 6) is 1.80. The molecule has 0 aromatic carbocycles. The fourth-order valence-electron chi connectivity index (χ4n) is 3.23. The Balaban J connectivity index is 1.41. The molecule has 0 fully saturated rings. The highest BCUT2D eigenvalue weighted by Crippen LogP contribution is 2.24. The average Bonchev–Trinajstić information content (AvgIpc) is 3.19. The second-order valence-corrected chi connectivity index (χ2v) is 7.50.